The van der Waals surface area contributed by atoms with Crippen LogP contribution in [-0.2, 0) is 4.79 Å². The van der Waals surface area contributed by atoms with E-state index in [1.807, 2.05) is 0 Å². The summed E-state index contributed by atoms with van der Waals surface area (Å²) in [6.45, 7) is 0.579. The second kappa shape index (κ2) is 6.34. The Balaban J connectivity index is 1.64. The smallest absolute Gasteiger partial charge is 0.322 e. The average Bonchev–Trinajstić information content (AvgIpc) is 3.15. The summed E-state index contributed by atoms with van der Waals surface area (Å²) >= 11 is 11.8. The second-order valence-corrected chi connectivity index (χ2v) is 6.51. The first kappa shape index (κ1) is 15.4. The molecule has 2 aliphatic rings. The molecule has 118 valence electrons. The molecule has 22 heavy (non-hydrogen) atoms. The lowest BCUT2D eigenvalue weighted by molar-refractivity contribution is -0.124. The summed E-state index contributed by atoms with van der Waals surface area (Å²) in [5.41, 5.74) is 0.563. The zero-order chi connectivity index (χ0) is 15.7. The molecule has 0 aromatic heterocycles. The molecule has 3 rings (SSSR count). The van der Waals surface area contributed by atoms with E-state index in [0.717, 1.165) is 19.3 Å². The van der Waals surface area contributed by atoms with E-state index in [0.29, 0.717) is 34.7 Å². The molecule has 1 aliphatic heterocycles. The SMILES string of the molecule is O=C(NC1CC1)C1CCCN1C(=O)Nc1ccc(Cl)c(Cl)c1. The molecular formula is C15H17Cl2N3O2. The molecule has 7 heteroatoms. The number of carbonyl (C=O) groups is 2. The Morgan fingerprint density at radius 1 is 1.14 bits per heavy atom. The number of hydrogen-bond acceptors (Lipinski definition) is 2. The Bertz CT molecular complexity index is 604. The van der Waals surface area contributed by atoms with Crippen LogP contribution in [0.2, 0.25) is 10.0 Å². The van der Waals surface area contributed by atoms with Gasteiger partial charge in [-0.3, -0.25) is 4.79 Å². The first-order chi connectivity index (χ1) is 10.5. The van der Waals surface area contributed by atoms with Crippen molar-refractivity contribution in [1.29, 1.82) is 0 Å². The fraction of sp³-hybridized carbons (Fsp3) is 0.467. The third-order valence-corrected chi connectivity index (χ3v) is 4.65. The summed E-state index contributed by atoms with van der Waals surface area (Å²) in [5, 5.41) is 6.54. The highest BCUT2D eigenvalue weighted by molar-refractivity contribution is 6.42. The summed E-state index contributed by atoms with van der Waals surface area (Å²) < 4.78 is 0. The van der Waals surface area contributed by atoms with Crippen molar-refractivity contribution >= 4 is 40.8 Å². The zero-order valence-corrected chi connectivity index (χ0v) is 13.5. The predicted molar refractivity (Wildman–Crippen MR) is 86.4 cm³/mol. The van der Waals surface area contributed by atoms with Gasteiger partial charge in [0.1, 0.15) is 6.04 Å². The van der Waals surface area contributed by atoms with Gasteiger partial charge in [-0.25, -0.2) is 4.79 Å². The van der Waals surface area contributed by atoms with E-state index < -0.39 is 0 Å². The van der Waals surface area contributed by atoms with Gasteiger partial charge in [0, 0.05) is 18.3 Å². The van der Waals surface area contributed by atoms with Crippen LogP contribution in [-0.4, -0.2) is 35.5 Å². The summed E-state index contributed by atoms with van der Waals surface area (Å²) in [6, 6.07) is 4.53. The fourth-order valence-corrected chi connectivity index (χ4v) is 2.87. The summed E-state index contributed by atoms with van der Waals surface area (Å²) in [6.07, 6.45) is 3.60. The monoisotopic (exact) mass is 341 g/mol. The van der Waals surface area contributed by atoms with E-state index in [9.17, 15) is 9.59 Å². The molecule has 1 atom stereocenters. The van der Waals surface area contributed by atoms with Crippen LogP contribution in [0.25, 0.3) is 0 Å². The van der Waals surface area contributed by atoms with Crippen LogP contribution in [0.15, 0.2) is 18.2 Å². The minimum absolute atomic E-state index is 0.0516. The van der Waals surface area contributed by atoms with Gasteiger partial charge in [-0.15, -0.1) is 0 Å². The van der Waals surface area contributed by atoms with Crippen molar-refractivity contribution in [3.8, 4) is 0 Å². The topological polar surface area (TPSA) is 61.4 Å². The largest absolute Gasteiger partial charge is 0.352 e. The fourth-order valence-electron chi connectivity index (χ4n) is 2.58. The maximum atomic E-state index is 12.4. The molecule has 1 aromatic carbocycles. The molecule has 1 saturated carbocycles. The molecular weight excluding hydrogens is 325 g/mol. The van der Waals surface area contributed by atoms with Crippen molar-refractivity contribution < 1.29 is 9.59 Å². The minimum Gasteiger partial charge on any atom is -0.352 e. The number of hydrogen-bond donors (Lipinski definition) is 2. The van der Waals surface area contributed by atoms with E-state index >= 15 is 0 Å². The maximum absolute atomic E-state index is 12.4. The van der Waals surface area contributed by atoms with Crippen molar-refractivity contribution in [2.75, 3.05) is 11.9 Å². The van der Waals surface area contributed by atoms with E-state index in [1.165, 1.54) is 0 Å². The second-order valence-electron chi connectivity index (χ2n) is 5.69. The number of halogens is 2. The number of amides is 3. The highest BCUT2D eigenvalue weighted by Gasteiger charge is 2.36. The first-order valence-corrected chi connectivity index (χ1v) is 8.13. The van der Waals surface area contributed by atoms with Gasteiger partial charge in [-0.05, 0) is 43.9 Å². The van der Waals surface area contributed by atoms with Crippen molar-refractivity contribution in [1.82, 2.24) is 10.2 Å². The van der Waals surface area contributed by atoms with Gasteiger partial charge >= 0.3 is 6.03 Å². The van der Waals surface area contributed by atoms with Crippen LogP contribution in [0.5, 0.6) is 0 Å². The van der Waals surface area contributed by atoms with Crippen molar-refractivity contribution in [2.24, 2.45) is 0 Å². The average molecular weight is 342 g/mol. The van der Waals surface area contributed by atoms with Crippen LogP contribution < -0.4 is 10.6 Å². The van der Waals surface area contributed by atoms with E-state index in [-0.39, 0.29) is 18.0 Å². The van der Waals surface area contributed by atoms with Crippen LogP contribution >= 0.6 is 23.2 Å². The Kier molecular flexibility index (Phi) is 4.45. The number of carbonyl (C=O) groups excluding carboxylic acids is 2. The number of nitrogens with one attached hydrogen (secondary N) is 2. The molecule has 2 N–H and O–H groups in total. The number of likely N-dealkylation sites (tertiary alicyclic amines) is 1. The van der Waals surface area contributed by atoms with Gasteiger partial charge in [0.2, 0.25) is 5.91 Å². The molecule has 2 fully saturated rings. The van der Waals surface area contributed by atoms with E-state index in [4.69, 9.17) is 23.2 Å². The molecule has 1 heterocycles. The number of nitrogens with zero attached hydrogens (tertiary/aromatic N) is 1. The third kappa shape index (κ3) is 3.47. The molecule has 0 bridgehead atoms. The highest BCUT2D eigenvalue weighted by atomic mass is 35.5. The van der Waals surface area contributed by atoms with Crippen molar-refractivity contribution in [3.63, 3.8) is 0 Å². The molecule has 3 amide bonds. The number of anilines is 1. The molecule has 5 nitrogen and oxygen atoms in total. The van der Waals surface area contributed by atoms with Crippen molar-refractivity contribution in [3.05, 3.63) is 28.2 Å². The Morgan fingerprint density at radius 3 is 2.59 bits per heavy atom. The van der Waals surface area contributed by atoms with Gasteiger partial charge in [0.25, 0.3) is 0 Å². The van der Waals surface area contributed by atoms with Crippen LogP contribution in [0, 0.1) is 0 Å². The normalized spacial score (nSPS) is 20.8. The molecule has 0 radical (unpaired) electrons. The molecule has 1 aliphatic carbocycles. The molecule has 1 saturated heterocycles. The van der Waals surface area contributed by atoms with Gasteiger partial charge < -0.3 is 15.5 Å². The summed E-state index contributed by atoms with van der Waals surface area (Å²) in [5.74, 6) is -0.0516. The van der Waals surface area contributed by atoms with Crippen LogP contribution in [0.3, 0.4) is 0 Å². The van der Waals surface area contributed by atoms with Crippen LogP contribution in [0.1, 0.15) is 25.7 Å². The number of urea groups is 1. The van der Waals surface area contributed by atoms with Gasteiger partial charge in [-0.1, -0.05) is 23.2 Å². The number of benzene rings is 1. The van der Waals surface area contributed by atoms with Gasteiger partial charge in [0.15, 0.2) is 0 Å². The van der Waals surface area contributed by atoms with Gasteiger partial charge in [0.05, 0.1) is 10.0 Å². The molecule has 0 spiro atoms. The lowest BCUT2D eigenvalue weighted by Gasteiger charge is -2.24. The lowest BCUT2D eigenvalue weighted by Crippen LogP contribution is -2.48. The standard InChI is InChI=1S/C15H17Cl2N3O2/c16-11-6-5-10(8-12(11)17)19-15(22)20-7-1-2-13(20)14(21)18-9-3-4-9/h5-6,8-9,13H,1-4,7H2,(H,18,21)(H,19,22). The summed E-state index contributed by atoms with van der Waals surface area (Å²) in [7, 11) is 0. The first-order valence-electron chi connectivity index (χ1n) is 7.37. The Labute approximate surface area is 138 Å². The van der Waals surface area contributed by atoms with Crippen molar-refractivity contribution in [2.45, 2.75) is 37.8 Å². The van der Waals surface area contributed by atoms with E-state index in [1.54, 1.807) is 23.1 Å². The Hall–Kier alpha value is -1.46. The zero-order valence-electron chi connectivity index (χ0n) is 11.9. The summed E-state index contributed by atoms with van der Waals surface area (Å²) in [4.78, 5) is 26.2. The Morgan fingerprint density at radius 2 is 1.91 bits per heavy atom. The predicted octanol–water partition coefficient (Wildman–Crippen LogP) is 3.27. The quantitative estimate of drug-likeness (QED) is 0.886. The molecule has 1 unspecified atom stereocenters. The highest BCUT2D eigenvalue weighted by Crippen LogP contribution is 2.26. The minimum atomic E-state index is -0.386. The number of rotatable bonds is 3. The lowest BCUT2D eigenvalue weighted by atomic mass is 10.2. The maximum Gasteiger partial charge on any atom is 0.322 e. The van der Waals surface area contributed by atoms with Crippen LogP contribution in [0.4, 0.5) is 10.5 Å². The van der Waals surface area contributed by atoms with Gasteiger partial charge in [-0.2, -0.15) is 0 Å². The third-order valence-electron chi connectivity index (χ3n) is 3.91. The van der Waals surface area contributed by atoms with E-state index in [2.05, 4.69) is 10.6 Å². The molecule has 1 aromatic rings.